The van der Waals surface area contributed by atoms with Crippen molar-refractivity contribution >= 4 is 17.6 Å². The molecule has 1 fully saturated rings. The van der Waals surface area contributed by atoms with Gasteiger partial charge in [0.1, 0.15) is 17.7 Å². The third-order valence-electron chi connectivity index (χ3n) is 4.60. The van der Waals surface area contributed by atoms with Gasteiger partial charge in [-0.15, -0.1) is 0 Å². The molecule has 1 aliphatic rings. The van der Waals surface area contributed by atoms with Gasteiger partial charge in [-0.25, -0.2) is 8.78 Å². The van der Waals surface area contributed by atoms with Crippen LogP contribution in [0.4, 0.5) is 8.78 Å². The van der Waals surface area contributed by atoms with E-state index in [0.717, 1.165) is 24.5 Å². The van der Waals surface area contributed by atoms with Crippen LogP contribution in [0.5, 0.6) is 0 Å². The molecular formula is C19H18ClF2NO2. The van der Waals surface area contributed by atoms with Gasteiger partial charge in [0.15, 0.2) is 0 Å². The molecule has 0 saturated carbocycles. The Labute approximate surface area is 149 Å². The van der Waals surface area contributed by atoms with Crippen LogP contribution in [0, 0.1) is 11.6 Å². The highest BCUT2D eigenvalue weighted by Crippen LogP contribution is 2.36. The number of hydrogen-bond acceptors (Lipinski definition) is 2. The zero-order chi connectivity index (χ0) is 18.0. The standard InChI is InChI=1S/C19H18ClF2NO2/c20-13-6-4-12(5-7-13)18(15-9-8-14(21)11-16(15)22)23-10-2-1-3-17(23)19(24)25/h4-9,11,17-18H,1-3,10H2,(H,24,25). The number of likely N-dealkylation sites (tertiary alicyclic amines) is 1. The quantitative estimate of drug-likeness (QED) is 0.857. The van der Waals surface area contributed by atoms with Crippen LogP contribution in [0.3, 0.4) is 0 Å². The fourth-order valence-electron chi connectivity index (χ4n) is 3.45. The summed E-state index contributed by atoms with van der Waals surface area (Å²) >= 11 is 5.95. The Bertz CT molecular complexity index is 767. The van der Waals surface area contributed by atoms with Crippen molar-refractivity contribution in [1.29, 1.82) is 0 Å². The van der Waals surface area contributed by atoms with Gasteiger partial charge in [-0.3, -0.25) is 9.69 Å². The van der Waals surface area contributed by atoms with E-state index in [-0.39, 0.29) is 5.56 Å². The molecule has 0 aliphatic carbocycles. The Kier molecular flexibility index (Phi) is 5.35. The highest BCUT2D eigenvalue weighted by molar-refractivity contribution is 6.30. The van der Waals surface area contributed by atoms with Gasteiger partial charge in [-0.05, 0) is 43.1 Å². The van der Waals surface area contributed by atoms with Gasteiger partial charge in [-0.1, -0.05) is 36.2 Å². The molecule has 1 N–H and O–H groups in total. The van der Waals surface area contributed by atoms with Crippen LogP contribution in [0.15, 0.2) is 42.5 Å². The minimum atomic E-state index is -0.929. The molecule has 0 spiro atoms. The molecule has 1 saturated heterocycles. The van der Waals surface area contributed by atoms with E-state index in [9.17, 15) is 18.7 Å². The molecule has 0 amide bonds. The monoisotopic (exact) mass is 365 g/mol. The summed E-state index contributed by atoms with van der Waals surface area (Å²) in [6, 6.07) is 8.97. The summed E-state index contributed by atoms with van der Waals surface area (Å²) in [7, 11) is 0. The first-order chi connectivity index (χ1) is 12.0. The average Bonchev–Trinajstić information content (AvgIpc) is 2.59. The van der Waals surface area contributed by atoms with Crippen LogP contribution in [-0.2, 0) is 4.79 Å². The number of hydrogen-bond donors (Lipinski definition) is 1. The second kappa shape index (κ2) is 7.50. The second-order valence-electron chi connectivity index (χ2n) is 6.21. The molecular weight excluding hydrogens is 348 g/mol. The van der Waals surface area contributed by atoms with Crippen molar-refractivity contribution in [1.82, 2.24) is 4.90 Å². The zero-order valence-corrected chi connectivity index (χ0v) is 14.2. The SMILES string of the molecule is O=C(O)C1CCCCN1C(c1ccc(Cl)cc1)c1ccc(F)cc1F. The van der Waals surface area contributed by atoms with Crippen molar-refractivity contribution < 1.29 is 18.7 Å². The van der Waals surface area contributed by atoms with Crippen molar-refractivity contribution in [3.8, 4) is 0 Å². The van der Waals surface area contributed by atoms with E-state index >= 15 is 0 Å². The molecule has 0 aromatic heterocycles. The Morgan fingerprint density at radius 3 is 2.52 bits per heavy atom. The molecule has 2 atom stereocenters. The first-order valence-electron chi connectivity index (χ1n) is 8.16. The highest BCUT2D eigenvalue weighted by Gasteiger charge is 2.36. The summed E-state index contributed by atoms with van der Waals surface area (Å²) in [5.74, 6) is -2.28. The van der Waals surface area contributed by atoms with Crippen molar-refractivity contribution in [3.05, 3.63) is 70.2 Å². The van der Waals surface area contributed by atoms with Crippen LogP contribution in [-0.4, -0.2) is 28.6 Å². The number of carboxylic acid groups (broad SMARTS) is 1. The number of rotatable bonds is 4. The summed E-state index contributed by atoms with van der Waals surface area (Å²) in [5.41, 5.74) is 0.986. The average molecular weight is 366 g/mol. The van der Waals surface area contributed by atoms with Crippen molar-refractivity contribution in [2.45, 2.75) is 31.3 Å². The second-order valence-corrected chi connectivity index (χ2v) is 6.64. The molecule has 6 heteroatoms. The topological polar surface area (TPSA) is 40.5 Å². The summed E-state index contributed by atoms with van der Waals surface area (Å²) in [6.45, 7) is 0.529. The third kappa shape index (κ3) is 3.83. The fourth-order valence-corrected chi connectivity index (χ4v) is 3.57. The minimum Gasteiger partial charge on any atom is -0.480 e. The van der Waals surface area contributed by atoms with Crippen LogP contribution < -0.4 is 0 Å². The number of halogens is 3. The normalized spacial score (nSPS) is 19.6. The van der Waals surface area contributed by atoms with Gasteiger partial charge in [0, 0.05) is 16.7 Å². The predicted octanol–water partition coefficient (Wildman–Crippen LogP) is 4.65. The Morgan fingerprint density at radius 2 is 1.88 bits per heavy atom. The van der Waals surface area contributed by atoms with E-state index in [2.05, 4.69) is 0 Å². The fraction of sp³-hybridized carbons (Fsp3) is 0.316. The van der Waals surface area contributed by atoms with Gasteiger partial charge in [0.25, 0.3) is 0 Å². The molecule has 2 unspecified atom stereocenters. The van der Waals surface area contributed by atoms with Crippen molar-refractivity contribution in [2.24, 2.45) is 0 Å². The van der Waals surface area contributed by atoms with Gasteiger partial charge in [-0.2, -0.15) is 0 Å². The zero-order valence-electron chi connectivity index (χ0n) is 13.5. The highest BCUT2D eigenvalue weighted by atomic mass is 35.5. The maximum atomic E-state index is 14.5. The molecule has 0 radical (unpaired) electrons. The number of piperidine rings is 1. The van der Waals surface area contributed by atoms with Gasteiger partial charge < -0.3 is 5.11 Å². The Balaban J connectivity index is 2.10. The number of aliphatic carboxylic acids is 1. The van der Waals surface area contributed by atoms with E-state index in [4.69, 9.17) is 11.6 Å². The molecule has 2 aromatic carbocycles. The van der Waals surface area contributed by atoms with E-state index in [1.807, 2.05) is 0 Å². The molecule has 2 aromatic rings. The lowest BCUT2D eigenvalue weighted by Crippen LogP contribution is -2.47. The molecule has 132 valence electrons. The number of benzene rings is 2. The van der Waals surface area contributed by atoms with Gasteiger partial charge >= 0.3 is 5.97 Å². The maximum absolute atomic E-state index is 14.5. The lowest BCUT2D eigenvalue weighted by Gasteiger charge is -2.39. The molecule has 1 heterocycles. The molecule has 3 rings (SSSR count). The van der Waals surface area contributed by atoms with Crippen LogP contribution >= 0.6 is 11.6 Å². The molecule has 1 aliphatic heterocycles. The van der Waals surface area contributed by atoms with Crippen LogP contribution in [0.2, 0.25) is 5.02 Å². The van der Waals surface area contributed by atoms with Crippen LogP contribution in [0.1, 0.15) is 36.4 Å². The van der Waals surface area contributed by atoms with Crippen molar-refractivity contribution in [2.75, 3.05) is 6.54 Å². The number of carboxylic acids is 1. The first kappa shape index (κ1) is 17.8. The lowest BCUT2D eigenvalue weighted by molar-refractivity contribution is -0.145. The summed E-state index contributed by atoms with van der Waals surface area (Å²) in [5, 5.41) is 10.1. The molecule has 3 nitrogen and oxygen atoms in total. The number of nitrogens with zero attached hydrogens (tertiary/aromatic N) is 1. The van der Waals surface area contributed by atoms with E-state index in [1.165, 1.54) is 12.1 Å². The summed E-state index contributed by atoms with van der Waals surface area (Å²) in [6.07, 6.45) is 2.14. The number of carbonyl (C=O) groups is 1. The van der Waals surface area contributed by atoms with E-state index in [0.29, 0.717) is 18.0 Å². The van der Waals surface area contributed by atoms with Gasteiger partial charge in [0.2, 0.25) is 0 Å². The lowest BCUT2D eigenvalue weighted by atomic mass is 9.91. The Hall–Kier alpha value is -1.98. The third-order valence-corrected chi connectivity index (χ3v) is 4.86. The van der Waals surface area contributed by atoms with E-state index in [1.54, 1.807) is 29.2 Å². The Morgan fingerprint density at radius 1 is 1.16 bits per heavy atom. The largest absolute Gasteiger partial charge is 0.480 e. The van der Waals surface area contributed by atoms with Gasteiger partial charge in [0.05, 0.1) is 6.04 Å². The smallest absolute Gasteiger partial charge is 0.320 e. The summed E-state index contributed by atoms with van der Waals surface area (Å²) < 4.78 is 27.9. The molecule has 0 bridgehead atoms. The van der Waals surface area contributed by atoms with Crippen molar-refractivity contribution in [3.63, 3.8) is 0 Å². The maximum Gasteiger partial charge on any atom is 0.320 e. The minimum absolute atomic E-state index is 0.261. The van der Waals surface area contributed by atoms with E-state index < -0.39 is 29.7 Å². The predicted molar refractivity (Wildman–Crippen MR) is 91.6 cm³/mol. The van der Waals surface area contributed by atoms with Crippen LogP contribution in [0.25, 0.3) is 0 Å². The molecule has 25 heavy (non-hydrogen) atoms. The summed E-state index contributed by atoms with van der Waals surface area (Å²) in [4.78, 5) is 13.5. The first-order valence-corrected chi connectivity index (χ1v) is 8.54.